The Morgan fingerprint density at radius 2 is 1.40 bits per heavy atom. The van der Waals surface area contributed by atoms with Gasteiger partial charge in [0.25, 0.3) is 7.82 Å². The van der Waals surface area contributed by atoms with Crippen LogP contribution in [0, 0.1) is 0 Å². The van der Waals surface area contributed by atoms with Crippen LogP contribution in [-0.4, -0.2) is 70.0 Å². The molecular weight excluding hydrogens is 533 g/mol. The number of hydrogen-bond donors (Lipinski definition) is 0. The van der Waals surface area contributed by atoms with Gasteiger partial charge >= 0.3 is 11.9 Å². The number of esters is 2. The van der Waals surface area contributed by atoms with E-state index in [-0.39, 0.29) is 26.1 Å². The van der Waals surface area contributed by atoms with Crippen LogP contribution in [0.15, 0.2) is 24.3 Å². The fourth-order valence-corrected chi connectivity index (χ4v) is 4.24. The van der Waals surface area contributed by atoms with Crippen LogP contribution in [0.25, 0.3) is 0 Å². The Labute approximate surface area is 243 Å². The topological polar surface area (TPSA) is 111 Å². The van der Waals surface area contributed by atoms with E-state index in [1.807, 2.05) is 28.1 Å². The third-order valence-electron chi connectivity index (χ3n) is 5.96. The van der Waals surface area contributed by atoms with Crippen molar-refractivity contribution in [3.63, 3.8) is 0 Å². The lowest BCUT2D eigenvalue weighted by molar-refractivity contribution is -0.870. The van der Waals surface area contributed by atoms with Gasteiger partial charge in [0.15, 0.2) is 6.10 Å². The van der Waals surface area contributed by atoms with E-state index in [0.717, 1.165) is 57.8 Å². The number of rotatable bonds is 26. The third kappa shape index (κ3) is 26.7. The lowest BCUT2D eigenvalue weighted by Gasteiger charge is -2.28. The van der Waals surface area contributed by atoms with Crippen LogP contribution in [-0.2, 0) is 32.7 Å². The molecule has 0 aliphatic rings. The molecule has 0 radical (unpaired) electrons. The second kappa shape index (κ2) is 24.1. The van der Waals surface area contributed by atoms with Crippen molar-refractivity contribution in [2.45, 2.75) is 110 Å². The first-order chi connectivity index (χ1) is 19.0. The summed E-state index contributed by atoms with van der Waals surface area (Å²) < 4.78 is 33.2. The number of likely N-dealkylation sites (N-methyl/N-ethyl adjacent to an activating group) is 1. The fourth-order valence-electron chi connectivity index (χ4n) is 3.51. The van der Waals surface area contributed by atoms with E-state index in [1.165, 1.54) is 6.42 Å². The van der Waals surface area contributed by atoms with Crippen molar-refractivity contribution >= 4 is 19.8 Å². The summed E-state index contributed by atoms with van der Waals surface area (Å²) >= 11 is 0. The molecule has 40 heavy (non-hydrogen) atoms. The van der Waals surface area contributed by atoms with Crippen molar-refractivity contribution in [3.8, 4) is 0 Å². The molecule has 0 aliphatic carbocycles. The predicted octanol–water partition coefficient (Wildman–Crippen LogP) is 6.26. The summed E-state index contributed by atoms with van der Waals surface area (Å²) in [6.07, 6.45) is 20.1. The van der Waals surface area contributed by atoms with Gasteiger partial charge in [-0.2, -0.15) is 0 Å². The molecule has 0 rings (SSSR count). The van der Waals surface area contributed by atoms with E-state index in [1.54, 1.807) is 0 Å². The van der Waals surface area contributed by atoms with Crippen LogP contribution in [0.5, 0.6) is 0 Å². The molecule has 234 valence electrons. The molecule has 0 aliphatic heterocycles. The minimum absolute atomic E-state index is 0.0339. The Kier molecular flexibility index (Phi) is 23.2. The van der Waals surface area contributed by atoms with E-state index in [9.17, 15) is 19.0 Å². The van der Waals surface area contributed by atoms with Gasteiger partial charge in [-0.15, -0.1) is 0 Å². The van der Waals surface area contributed by atoms with E-state index >= 15 is 0 Å². The number of phosphoric acid groups is 1. The second-order valence-corrected chi connectivity index (χ2v) is 12.5. The lowest BCUT2D eigenvalue weighted by atomic mass is 10.1. The third-order valence-corrected chi connectivity index (χ3v) is 6.92. The van der Waals surface area contributed by atoms with Gasteiger partial charge in [0.1, 0.15) is 19.8 Å². The molecule has 0 saturated carbocycles. The van der Waals surface area contributed by atoms with Crippen LogP contribution >= 0.6 is 7.82 Å². The summed E-state index contributed by atoms with van der Waals surface area (Å²) in [5, 5.41) is 0. The Balaban J connectivity index is 4.44. The summed E-state index contributed by atoms with van der Waals surface area (Å²) in [7, 11) is 1.14. The molecule has 0 bridgehead atoms. The van der Waals surface area contributed by atoms with Crippen LogP contribution in [0.3, 0.4) is 0 Å². The van der Waals surface area contributed by atoms with E-state index in [2.05, 4.69) is 31.2 Å². The first-order valence-corrected chi connectivity index (χ1v) is 16.5. The van der Waals surface area contributed by atoms with Gasteiger partial charge in [-0.3, -0.25) is 14.2 Å². The first kappa shape index (κ1) is 38.5. The Bertz CT molecular complexity index is 763. The van der Waals surface area contributed by atoms with Crippen LogP contribution < -0.4 is 4.89 Å². The number of carbonyl (C=O) groups excluding carboxylic acids is 2. The molecule has 0 aromatic heterocycles. The quantitative estimate of drug-likeness (QED) is 0.0382. The molecular formula is C30H56NO8P. The molecule has 0 fully saturated rings. The lowest BCUT2D eigenvalue weighted by Crippen LogP contribution is -2.37. The van der Waals surface area contributed by atoms with Crippen molar-refractivity contribution in [1.29, 1.82) is 0 Å². The summed E-state index contributed by atoms with van der Waals surface area (Å²) in [6, 6.07) is 0. The number of hydrogen-bond acceptors (Lipinski definition) is 8. The van der Waals surface area contributed by atoms with Crippen molar-refractivity contribution in [1.82, 2.24) is 0 Å². The second-order valence-electron chi connectivity index (χ2n) is 11.1. The molecule has 0 spiro atoms. The minimum Gasteiger partial charge on any atom is -0.756 e. The molecule has 0 amide bonds. The van der Waals surface area contributed by atoms with E-state index < -0.39 is 32.5 Å². The molecule has 9 nitrogen and oxygen atoms in total. The largest absolute Gasteiger partial charge is 0.756 e. The Morgan fingerprint density at radius 1 is 0.775 bits per heavy atom. The normalized spacial score (nSPS) is 14.4. The molecule has 0 N–H and O–H groups in total. The maximum atomic E-state index is 12.4. The zero-order valence-corrected chi connectivity index (χ0v) is 26.7. The molecule has 2 unspecified atom stereocenters. The standard InChI is InChI=1S/C30H56NO8P/c1-6-8-10-11-12-13-14-15-16-17-18-19-21-23-30(33)39-28(26-36-29(32)22-20-9-7-2)27-38-40(34,35)37-25-24-31(3,4)5/h10-11,13-14,28H,6-9,12,15-27H2,1-5H3/b11-10-,14-13-. The van der Waals surface area contributed by atoms with Gasteiger partial charge in [-0.25, -0.2) is 0 Å². The maximum absolute atomic E-state index is 12.4. The number of unbranched alkanes of at least 4 members (excludes halogenated alkanes) is 8. The summed E-state index contributed by atoms with van der Waals surface area (Å²) in [4.78, 5) is 36.6. The zero-order valence-electron chi connectivity index (χ0n) is 25.8. The van der Waals surface area contributed by atoms with Gasteiger partial charge < -0.3 is 27.9 Å². The number of quaternary nitrogens is 1. The van der Waals surface area contributed by atoms with Gasteiger partial charge in [0, 0.05) is 12.8 Å². The number of ether oxygens (including phenoxy) is 2. The highest BCUT2D eigenvalue weighted by molar-refractivity contribution is 7.45. The molecule has 0 heterocycles. The fraction of sp³-hybridized carbons (Fsp3) is 0.800. The maximum Gasteiger partial charge on any atom is 0.306 e. The predicted molar refractivity (Wildman–Crippen MR) is 158 cm³/mol. The average molecular weight is 590 g/mol. The van der Waals surface area contributed by atoms with Crippen LogP contribution in [0.4, 0.5) is 0 Å². The Hall–Kier alpha value is -1.51. The smallest absolute Gasteiger partial charge is 0.306 e. The SMILES string of the molecule is CCC/C=C\C/C=C\CCCCCCCC(=O)OC(COC(=O)CCCCC)COP(=O)([O-])OCC[N+](C)(C)C. The number of phosphoric ester groups is 1. The van der Waals surface area contributed by atoms with Gasteiger partial charge in [0.05, 0.1) is 27.7 Å². The van der Waals surface area contributed by atoms with Gasteiger partial charge in [-0.1, -0.05) is 76.7 Å². The van der Waals surface area contributed by atoms with Crippen molar-refractivity contribution in [2.24, 2.45) is 0 Å². The molecule has 0 aromatic carbocycles. The number of carbonyl (C=O) groups is 2. The zero-order chi connectivity index (χ0) is 30.1. The summed E-state index contributed by atoms with van der Waals surface area (Å²) in [5.41, 5.74) is 0. The molecule has 10 heteroatoms. The number of nitrogens with zero attached hydrogens (tertiary/aromatic N) is 1. The highest BCUT2D eigenvalue weighted by Gasteiger charge is 2.21. The highest BCUT2D eigenvalue weighted by atomic mass is 31.2. The monoisotopic (exact) mass is 589 g/mol. The van der Waals surface area contributed by atoms with E-state index in [4.69, 9.17) is 18.5 Å². The summed E-state index contributed by atoms with van der Waals surface area (Å²) in [5.74, 6) is -0.886. The van der Waals surface area contributed by atoms with Crippen molar-refractivity contribution < 1.29 is 42.1 Å². The number of allylic oxidation sites excluding steroid dienone is 4. The molecule has 2 atom stereocenters. The van der Waals surface area contributed by atoms with Crippen LogP contribution in [0.2, 0.25) is 0 Å². The minimum atomic E-state index is -4.60. The highest BCUT2D eigenvalue weighted by Crippen LogP contribution is 2.38. The van der Waals surface area contributed by atoms with Crippen molar-refractivity contribution in [3.05, 3.63) is 24.3 Å². The Morgan fingerprint density at radius 3 is 2.08 bits per heavy atom. The van der Waals surface area contributed by atoms with Crippen molar-refractivity contribution in [2.75, 3.05) is 47.5 Å². The first-order valence-electron chi connectivity index (χ1n) is 15.0. The average Bonchev–Trinajstić information content (AvgIpc) is 2.87. The van der Waals surface area contributed by atoms with E-state index in [0.29, 0.717) is 23.9 Å². The van der Waals surface area contributed by atoms with Gasteiger partial charge in [-0.05, 0) is 38.5 Å². The summed E-state index contributed by atoms with van der Waals surface area (Å²) in [6.45, 7) is 3.91. The van der Waals surface area contributed by atoms with Gasteiger partial charge in [0.2, 0.25) is 0 Å². The molecule has 0 aromatic rings. The van der Waals surface area contributed by atoms with Crippen LogP contribution in [0.1, 0.15) is 104 Å². The molecule has 0 saturated heterocycles.